The molecule has 6 nitrogen and oxygen atoms in total. The van der Waals surface area contributed by atoms with E-state index in [9.17, 15) is 10.1 Å². The van der Waals surface area contributed by atoms with E-state index in [1.807, 2.05) is 19.1 Å². The van der Waals surface area contributed by atoms with E-state index in [2.05, 4.69) is 19.9 Å². The van der Waals surface area contributed by atoms with E-state index in [0.29, 0.717) is 29.4 Å². The lowest BCUT2D eigenvalue weighted by Crippen LogP contribution is -2.14. The Labute approximate surface area is 146 Å². The molecule has 0 aromatic heterocycles. The summed E-state index contributed by atoms with van der Waals surface area (Å²) >= 11 is 0. The van der Waals surface area contributed by atoms with Gasteiger partial charge in [-0.3, -0.25) is 10.1 Å². The largest absolute Gasteiger partial charge is 0.488 e. The third-order valence-electron chi connectivity index (χ3n) is 4.24. The van der Waals surface area contributed by atoms with Crippen molar-refractivity contribution in [1.29, 1.82) is 0 Å². The van der Waals surface area contributed by atoms with Crippen LogP contribution in [0.1, 0.15) is 42.0 Å². The Balaban J connectivity index is 1.89. The van der Waals surface area contributed by atoms with Gasteiger partial charge < -0.3 is 14.2 Å². The summed E-state index contributed by atoms with van der Waals surface area (Å²) in [5.41, 5.74) is 3.55. The fraction of sp³-hybridized carbons (Fsp3) is 0.368. The van der Waals surface area contributed by atoms with Crippen LogP contribution in [0.25, 0.3) is 0 Å². The van der Waals surface area contributed by atoms with Gasteiger partial charge in [0.2, 0.25) is 0 Å². The summed E-state index contributed by atoms with van der Waals surface area (Å²) < 4.78 is 16.7. The topological polar surface area (TPSA) is 70.8 Å². The number of nitro groups is 1. The Bertz CT molecular complexity index is 801. The first kappa shape index (κ1) is 17.2. The molecule has 1 aliphatic rings. The van der Waals surface area contributed by atoms with E-state index in [0.717, 1.165) is 11.3 Å². The minimum atomic E-state index is -0.414. The van der Waals surface area contributed by atoms with Crippen LogP contribution >= 0.6 is 0 Å². The lowest BCUT2D eigenvalue weighted by molar-refractivity contribution is -0.385. The van der Waals surface area contributed by atoms with E-state index in [-0.39, 0.29) is 19.1 Å². The fourth-order valence-electron chi connectivity index (χ4n) is 2.78. The molecule has 0 spiro atoms. The number of ether oxygens (including phenoxy) is 3. The first-order valence-corrected chi connectivity index (χ1v) is 8.19. The van der Waals surface area contributed by atoms with Crippen LogP contribution in [0, 0.1) is 17.0 Å². The normalized spacial score (nSPS) is 13.3. The molecule has 0 saturated carbocycles. The van der Waals surface area contributed by atoms with Gasteiger partial charge in [0, 0.05) is 23.3 Å². The van der Waals surface area contributed by atoms with Crippen molar-refractivity contribution in [3.63, 3.8) is 0 Å². The van der Waals surface area contributed by atoms with Crippen molar-refractivity contribution in [2.24, 2.45) is 0 Å². The molecule has 0 unspecified atom stereocenters. The summed E-state index contributed by atoms with van der Waals surface area (Å²) in [6, 6.07) is 9.13. The molecule has 2 aromatic rings. The quantitative estimate of drug-likeness (QED) is 0.591. The molecule has 0 bridgehead atoms. The monoisotopic (exact) mass is 343 g/mol. The zero-order valence-electron chi connectivity index (χ0n) is 14.6. The summed E-state index contributed by atoms with van der Waals surface area (Å²) in [7, 11) is 0. The van der Waals surface area contributed by atoms with Crippen molar-refractivity contribution in [3.05, 3.63) is 62.7 Å². The number of hydrogen-bond acceptors (Lipinski definition) is 5. The number of fused-ring (bicyclic) bond motifs is 1. The number of rotatable bonds is 5. The summed E-state index contributed by atoms with van der Waals surface area (Å²) in [6.07, 6.45) is 0. The van der Waals surface area contributed by atoms with Crippen molar-refractivity contribution >= 4 is 5.69 Å². The van der Waals surface area contributed by atoms with Gasteiger partial charge >= 0.3 is 0 Å². The van der Waals surface area contributed by atoms with E-state index in [1.165, 1.54) is 17.7 Å². The zero-order chi connectivity index (χ0) is 18.0. The van der Waals surface area contributed by atoms with E-state index in [4.69, 9.17) is 14.2 Å². The summed E-state index contributed by atoms with van der Waals surface area (Å²) in [5, 5.41) is 11.2. The van der Waals surface area contributed by atoms with E-state index in [1.54, 1.807) is 0 Å². The van der Waals surface area contributed by atoms with Crippen LogP contribution < -0.4 is 9.47 Å². The summed E-state index contributed by atoms with van der Waals surface area (Å²) in [6.45, 7) is 6.86. The Morgan fingerprint density at radius 2 is 2.08 bits per heavy atom. The molecule has 0 amide bonds. The molecule has 1 heterocycles. The van der Waals surface area contributed by atoms with Crippen molar-refractivity contribution in [2.75, 3.05) is 6.79 Å². The number of nitrogens with zero attached hydrogens (tertiary/aromatic N) is 1. The lowest BCUT2D eigenvalue weighted by Gasteiger charge is -2.21. The van der Waals surface area contributed by atoms with Crippen LogP contribution in [0.4, 0.5) is 5.69 Å². The molecule has 0 radical (unpaired) electrons. The lowest BCUT2D eigenvalue weighted by atomic mass is 10.0. The van der Waals surface area contributed by atoms with Crippen LogP contribution in [0.3, 0.4) is 0 Å². The maximum absolute atomic E-state index is 11.2. The second-order valence-corrected chi connectivity index (χ2v) is 6.43. The number of non-ortho nitro benzene ring substituents is 1. The van der Waals surface area contributed by atoms with Crippen LogP contribution in [0.5, 0.6) is 11.5 Å². The van der Waals surface area contributed by atoms with Gasteiger partial charge in [0.05, 0.1) is 11.5 Å². The molecule has 0 fully saturated rings. The van der Waals surface area contributed by atoms with Crippen molar-refractivity contribution in [3.8, 4) is 11.5 Å². The molecule has 0 N–H and O–H groups in total. The maximum Gasteiger partial charge on any atom is 0.270 e. The predicted octanol–water partition coefficient (Wildman–Crippen LogP) is 4.47. The van der Waals surface area contributed by atoms with Gasteiger partial charge in [0.15, 0.2) is 6.79 Å². The molecule has 0 saturated heterocycles. The van der Waals surface area contributed by atoms with Gasteiger partial charge in [-0.15, -0.1) is 0 Å². The standard InChI is InChI=1S/C19H21NO5/c1-12(2)14-5-4-13(3)18(8-14)24-10-16-7-17(20(21)22)6-15-9-23-11-25-19(15)16/h4-8,12H,9-11H2,1-3H3. The first-order valence-electron chi connectivity index (χ1n) is 8.19. The van der Waals surface area contributed by atoms with Gasteiger partial charge in [-0.05, 0) is 30.0 Å². The van der Waals surface area contributed by atoms with Gasteiger partial charge in [0.25, 0.3) is 5.69 Å². The predicted molar refractivity (Wildman–Crippen MR) is 93.0 cm³/mol. The molecule has 0 atom stereocenters. The Morgan fingerprint density at radius 1 is 1.28 bits per heavy atom. The number of nitro benzene ring substituents is 1. The molecule has 3 rings (SSSR count). The van der Waals surface area contributed by atoms with Crippen molar-refractivity contribution in [2.45, 2.75) is 39.9 Å². The number of aryl methyl sites for hydroxylation is 1. The average molecular weight is 343 g/mol. The molecule has 132 valence electrons. The molecule has 2 aromatic carbocycles. The van der Waals surface area contributed by atoms with Crippen LogP contribution in [0.2, 0.25) is 0 Å². The summed E-state index contributed by atoms with van der Waals surface area (Å²) in [5.74, 6) is 1.79. The zero-order valence-corrected chi connectivity index (χ0v) is 14.6. The second kappa shape index (κ2) is 7.11. The fourth-order valence-corrected chi connectivity index (χ4v) is 2.78. The minimum absolute atomic E-state index is 0.0131. The highest BCUT2D eigenvalue weighted by molar-refractivity contribution is 5.50. The van der Waals surface area contributed by atoms with Gasteiger partial charge in [-0.1, -0.05) is 26.0 Å². The molecular formula is C19H21NO5. The van der Waals surface area contributed by atoms with Crippen LogP contribution in [-0.4, -0.2) is 11.7 Å². The second-order valence-electron chi connectivity index (χ2n) is 6.43. The number of benzene rings is 2. The summed E-state index contributed by atoms with van der Waals surface area (Å²) in [4.78, 5) is 10.8. The Kier molecular flexibility index (Phi) is 4.90. The maximum atomic E-state index is 11.2. The smallest absolute Gasteiger partial charge is 0.270 e. The van der Waals surface area contributed by atoms with Gasteiger partial charge in [-0.25, -0.2) is 0 Å². The molecular weight excluding hydrogens is 322 g/mol. The third kappa shape index (κ3) is 3.74. The van der Waals surface area contributed by atoms with Crippen LogP contribution in [-0.2, 0) is 18.0 Å². The Morgan fingerprint density at radius 3 is 2.80 bits per heavy atom. The average Bonchev–Trinajstić information content (AvgIpc) is 2.60. The SMILES string of the molecule is Cc1ccc(C(C)C)cc1OCc1cc([N+](=O)[O-])cc2c1OCOC2. The van der Waals surface area contributed by atoms with Gasteiger partial charge in [-0.2, -0.15) is 0 Å². The molecule has 25 heavy (non-hydrogen) atoms. The minimum Gasteiger partial charge on any atom is -0.488 e. The van der Waals surface area contributed by atoms with E-state index < -0.39 is 4.92 Å². The number of hydrogen-bond donors (Lipinski definition) is 0. The molecule has 6 heteroatoms. The highest BCUT2D eigenvalue weighted by Crippen LogP contribution is 2.34. The molecule has 0 aliphatic carbocycles. The highest BCUT2D eigenvalue weighted by Gasteiger charge is 2.21. The molecule has 1 aliphatic heterocycles. The van der Waals surface area contributed by atoms with Gasteiger partial charge in [0.1, 0.15) is 18.1 Å². The third-order valence-corrected chi connectivity index (χ3v) is 4.24. The van der Waals surface area contributed by atoms with Crippen LogP contribution in [0.15, 0.2) is 30.3 Å². The van der Waals surface area contributed by atoms with Crippen molar-refractivity contribution in [1.82, 2.24) is 0 Å². The highest BCUT2D eigenvalue weighted by atomic mass is 16.7. The first-order chi connectivity index (χ1) is 12.0. The van der Waals surface area contributed by atoms with Crippen molar-refractivity contribution < 1.29 is 19.1 Å². The Hall–Kier alpha value is -2.60. The van der Waals surface area contributed by atoms with E-state index >= 15 is 0 Å².